The highest BCUT2D eigenvalue weighted by Gasteiger charge is 2.46. The van der Waals surface area contributed by atoms with Crippen LogP contribution in [0.25, 0.3) is 0 Å². The maximum atomic E-state index is 11.7. The van der Waals surface area contributed by atoms with Gasteiger partial charge in [0.05, 0.1) is 17.9 Å². The standard InChI is InChI=1S/C14H15NO5/c1-7-4-2-3-5-8(7)12-11(14(19)20)9(13(17)18)6-10(16)15-12/h2-5,9,11-12H,6H2,1H3,(H,15,16)(H,17,18)(H,19,20). The van der Waals surface area contributed by atoms with Crippen LogP contribution in [0.5, 0.6) is 0 Å². The molecule has 0 radical (unpaired) electrons. The molecule has 1 fully saturated rings. The number of rotatable bonds is 3. The van der Waals surface area contributed by atoms with Crippen LogP contribution >= 0.6 is 0 Å². The number of carbonyl (C=O) groups is 3. The smallest absolute Gasteiger partial charge is 0.309 e. The van der Waals surface area contributed by atoms with Gasteiger partial charge < -0.3 is 15.5 Å². The van der Waals surface area contributed by atoms with Crippen molar-refractivity contribution in [3.05, 3.63) is 35.4 Å². The Kier molecular flexibility index (Phi) is 3.74. The van der Waals surface area contributed by atoms with E-state index in [1.165, 1.54) is 0 Å². The molecule has 0 bridgehead atoms. The van der Waals surface area contributed by atoms with Crippen LogP contribution in [-0.2, 0) is 14.4 Å². The van der Waals surface area contributed by atoms with Crippen LogP contribution in [0, 0.1) is 18.8 Å². The highest BCUT2D eigenvalue weighted by molar-refractivity contribution is 5.89. The third-order valence-corrected chi connectivity index (χ3v) is 3.64. The summed E-state index contributed by atoms with van der Waals surface area (Å²) < 4.78 is 0. The Bertz CT molecular complexity index is 568. The first kappa shape index (κ1) is 14.0. The molecule has 106 valence electrons. The lowest BCUT2D eigenvalue weighted by atomic mass is 9.77. The summed E-state index contributed by atoms with van der Waals surface area (Å²) in [4.78, 5) is 34.4. The summed E-state index contributed by atoms with van der Waals surface area (Å²) in [5, 5.41) is 21.1. The van der Waals surface area contributed by atoms with Gasteiger partial charge in [-0.3, -0.25) is 14.4 Å². The van der Waals surface area contributed by atoms with Crippen LogP contribution in [0.4, 0.5) is 0 Å². The zero-order chi connectivity index (χ0) is 14.9. The molecular formula is C14H15NO5. The number of aryl methyl sites for hydroxylation is 1. The quantitative estimate of drug-likeness (QED) is 0.763. The fourth-order valence-corrected chi connectivity index (χ4v) is 2.64. The Morgan fingerprint density at radius 1 is 1.20 bits per heavy atom. The SMILES string of the molecule is Cc1ccccc1C1NC(=O)CC(C(=O)O)C1C(=O)O. The molecule has 20 heavy (non-hydrogen) atoms. The number of hydrogen-bond acceptors (Lipinski definition) is 3. The van der Waals surface area contributed by atoms with Gasteiger partial charge in [0.1, 0.15) is 0 Å². The number of carboxylic acid groups (broad SMARTS) is 2. The zero-order valence-electron chi connectivity index (χ0n) is 10.9. The molecule has 1 saturated heterocycles. The van der Waals surface area contributed by atoms with E-state index >= 15 is 0 Å². The van der Waals surface area contributed by atoms with Crippen molar-refractivity contribution in [3.8, 4) is 0 Å². The van der Waals surface area contributed by atoms with Crippen LogP contribution in [0.2, 0.25) is 0 Å². The largest absolute Gasteiger partial charge is 0.481 e. The topological polar surface area (TPSA) is 104 Å². The predicted octanol–water partition coefficient (Wildman–Crippen LogP) is 0.958. The zero-order valence-corrected chi connectivity index (χ0v) is 10.9. The Balaban J connectivity index is 2.48. The fourth-order valence-electron chi connectivity index (χ4n) is 2.64. The molecule has 1 amide bonds. The van der Waals surface area contributed by atoms with E-state index in [0.717, 1.165) is 5.56 Å². The van der Waals surface area contributed by atoms with Gasteiger partial charge >= 0.3 is 11.9 Å². The van der Waals surface area contributed by atoms with Crippen molar-refractivity contribution in [2.45, 2.75) is 19.4 Å². The second kappa shape index (κ2) is 5.32. The van der Waals surface area contributed by atoms with Crippen LogP contribution < -0.4 is 5.32 Å². The molecule has 1 aliphatic rings. The first-order valence-corrected chi connectivity index (χ1v) is 6.22. The Morgan fingerprint density at radius 2 is 1.85 bits per heavy atom. The normalized spacial score (nSPS) is 25.9. The lowest BCUT2D eigenvalue weighted by molar-refractivity contribution is -0.159. The van der Waals surface area contributed by atoms with Gasteiger partial charge in [0.2, 0.25) is 5.91 Å². The lowest BCUT2D eigenvalue weighted by Crippen LogP contribution is -2.49. The second-order valence-electron chi connectivity index (χ2n) is 4.91. The summed E-state index contributed by atoms with van der Waals surface area (Å²) in [6.07, 6.45) is -0.311. The van der Waals surface area contributed by atoms with Gasteiger partial charge in [0, 0.05) is 6.42 Å². The van der Waals surface area contributed by atoms with Gasteiger partial charge in [-0.15, -0.1) is 0 Å². The lowest BCUT2D eigenvalue weighted by Gasteiger charge is -2.34. The van der Waals surface area contributed by atoms with Crippen molar-refractivity contribution in [1.82, 2.24) is 5.32 Å². The van der Waals surface area contributed by atoms with Crippen molar-refractivity contribution in [1.29, 1.82) is 0 Å². The molecule has 0 spiro atoms. The van der Waals surface area contributed by atoms with Crippen molar-refractivity contribution in [2.24, 2.45) is 11.8 Å². The number of amides is 1. The molecule has 1 aliphatic heterocycles. The molecule has 6 heteroatoms. The summed E-state index contributed by atoms with van der Waals surface area (Å²) in [7, 11) is 0. The molecule has 0 saturated carbocycles. The molecule has 3 atom stereocenters. The molecule has 2 rings (SSSR count). The third-order valence-electron chi connectivity index (χ3n) is 3.64. The molecule has 3 unspecified atom stereocenters. The summed E-state index contributed by atoms with van der Waals surface area (Å²) in [5.41, 5.74) is 1.45. The van der Waals surface area contributed by atoms with Gasteiger partial charge in [0.25, 0.3) is 0 Å². The van der Waals surface area contributed by atoms with E-state index < -0.39 is 35.7 Å². The van der Waals surface area contributed by atoms with Crippen molar-refractivity contribution in [2.75, 3.05) is 0 Å². The monoisotopic (exact) mass is 277 g/mol. The predicted molar refractivity (Wildman–Crippen MR) is 68.9 cm³/mol. The first-order chi connectivity index (χ1) is 9.41. The highest BCUT2D eigenvalue weighted by atomic mass is 16.4. The Hall–Kier alpha value is -2.37. The number of hydrogen-bond donors (Lipinski definition) is 3. The number of piperidine rings is 1. The molecular weight excluding hydrogens is 262 g/mol. The molecule has 1 aromatic carbocycles. The number of aliphatic carboxylic acids is 2. The van der Waals surface area contributed by atoms with Gasteiger partial charge in [-0.25, -0.2) is 0 Å². The number of benzene rings is 1. The maximum absolute atomic E-state index is 11.7. The molecule has 1 aromatic rings. The van der Waals surface area contributed by atoms with Gasteiger partial charge in [-0.05, 0) is 18.1 Å². The molecule has 1 heterocycles. The Morgan fingerprint density at radius 3 is 2.40 bits per heavy atom. The second-order valence-corrected chi connectivity index (χ2v) is 4.91. The minimum Gasteiger partial charge on any atom is -0.481 e. The van der Waals surface area contributed by atoms with Crippen LogP contribution in [0.3, 0.4) is 0 Å². The van der Waals surface area contributed by atoms with E-state index in [0.29, 0.717) is 5.56 Å². The minimum atomic E-state index is -1.26. The summed E-state index contributed by atoms with van der Waals surface area (Å²) >= 11 is 0. The van der Waals surface area contributed by atoms with Gasteiger partial charge in [-0.1, -0.05) is 24.3 Å². The van der Waals surface area contributed by atoms with Crippen molar-refractivity contribution >= 4 is 17.8 Å². The average molecular weight is 277 g/mol. The summed E-state index contributed by atoms with van der Waals surface area (Å²) in [6, 6.07) is 6.22. The molecule has 3 N–H and O–H groups in total. The van der Waals surface area contributed by atoms with E-state index in [1.807, 2.05) is 0 Å². The van der Waals surface area contributed by atoms with Crippen LogP contribution in [0.15, 0.2) is 24.3 Å². The fraction of sp³-hybridized carbons (Fsp3) is 0.357. The number of nitrogens with one attached hydrogen (secondary N) is 1. The average Bonchev–Trinajstić information content (AvgIpc) is 2.37. The van der Waals surface area contributed by atoms with E-state index in [4.69, 9.17) is 5.11 Å². The minimum absolute atomic E-state index is 0.311. The van der Waals surface area contributed by atoms with Gasteiger partial charge in [0.15, 0.2) is 0 Å². The van der Waals surface area contributed by atoms with Crippen LogP contribution in [-0.4, -0.2) is 28.1 Å². The third kappa shape index (κ3) is 2.49. The van der Waals surface area contributed by atoms with Crippen molar-refractivity contribution in [3.63, 3.8) is 0 Å². The van der Waals surface area contributed by atoms with E-state index in [2.05, 4.69) is 5.32 Å². The first-order valence-electron chi connectivity index (χ1n) is 6.22. The van der Waals surface area contributed by atoms with Crippen molar-refractivity contribution < 1.29 is 24.6 Å². The molecule has 0 aliphatic carbocycles. The summed E-state index contributed by atoms with van der Waals surface area (Å²) in [5.74, 6) is -5.31. The van der Waals surface area contributed by atoms with E-state index in [1.54, 1.807) is 31.2 Å². The molecule has 0 aromatic heterocycles. The van der Waals surface area contributed by atoms with E-state index in [9.17, 15) is 19.5 Å². The number of carbonyl (C=O) groups excluding carboxylic acids is 1. The highest BCUT2D eigenvalue weighted by Crippen LogP contribution is 2.35. The number of carboxylic acids is 2. The van der Waals surface area contributed by atoms with Crippen LogP contribution in [0.1, 0.15) is 23.6 Å². The Labute approximate surface area is 115 Å². The van der Waals surface area contributed by atoms with E-state index in [-0.39, 0.29) is 6.42 Å². The van der Waals surface area contributed by atoms with Gasteiger partial charge in [-0.2, -0.15) is 0 Å². The summed E-state index contributed by atoms with van der Waals surface area (Å²) in [6.45, 7) is 1.80. The maximum Gasteiger partial charge on any atom is 0.309 e. The molecule has 6 nitrogen and oxygen atoms in total.